The molecule has 0 radical (unpaired) electrons. The second kappa shape index (κ2) is 6.15. The standard InChI is InChI=1S/C11H14F2N2O2/c1-7(14-2)10(16)15-8-3-5-9(6-4-8)17-11(12)13/h3-7,11,14H,1-2H3,(H,15,16). The van der Waals surface area contributed by atoms with E-state index >= 15 is 0 Å². The van der Waals surface area contributed by atoms with E-state index in [0.29, 0.717) is 5.69 Å². The number of carbonyl (C=O) groups excluding carboxylic acids is 1. The fourth-order valence-electron chi connectivity index (χ4n) is 1.10. The minimum absolute atomic E-state index is 0.0552. The maximum atomic E-state index is 11.9. The van der Waals surface area contributed by atoms with Gasteiger partial charge in [-0.25, -0.2) is 0 Å². The van der Waals surface area contributed by atoms with E-state index in [1.54, 1.807) is 14.0 Å². The van der Waals surface area contributed by atoms with Crippen molar-refractivity contribution in [3.63, 3.8) is 0 Å². The monoisotopic (exact) mass is 244 g/mol. The van der Waals surface area contributed by atoms with Crippen LogP contribution >= 0.6 is 0 Å². The normalized spacial score (nSPS) is 12.3. The fraction of sp³-hybridized carbons (Fsp3) is 0.364. The molecule has 0 aliphatic rings. The molecule has 0 aliphatic heterocycles. The van der Waals surface area contributed by atoms with E-state index < -0.39 is 6.61 Å². The molecule has 1 rings (SSSR count). The first kappa shape index (κ1) is 13.4. The molecule has 0 fully saturated rings. The molecule has 94 valence electrons. The number of ether oxygens (including phenoxy) is 1. The summed E-state index contributed by atoms with van der Waals surface area (Å²) in [6, 6.07) is 5.40. The molecular formula is C11H14F2N2O2. The Bertz CT molecular complexity index is 368. The van der Waals surface area contributed by atoms with Crippen LogP contribution in [0.1, 0.15) is 6.92 Å². The molecule has 4 nitrogen and oxygen atoms in total. The van der Waals surface area contributed by atoms with E-state index in [1.807, 2.05) is 0 Å². The Morgan fingerprint density at radius 2 is 1.88 bits per heavy atom. The van der Waals surface area contributed by atoms with Gasteiger partial charge in [0.2, 0.25) is 5.91 Å². The number of carbonyl (C=O) groups is 1. The second-order valence-electron chi connectivity index (χ2n) is 3.40. The van der Waals surface area contributed by atoms with Crippen LogP contribution in [-0.4, -0.2) is 25.6 Å². The van der Waals surface area contributed by atoms with Crippen molar-refractivity contribution in [2.45, 2.75) is 19.6 Å². The molecule has 1 unspecified atom stereocenters. The summed E-state index contributed by atoms with van der Waals surface area (Å²) in [4.78, 5) is 11.5. The molecule has 0 aliphatic carbocycles. The maximum absolute atomic E-state index is 11.9. The van der Waals surface area contributed by atoms with Gasteiger partial charge in [0.15, 0.2) is 0 Å². The summed E-state index contributed by atoms with van der Waals surface area (Å²) in [5.74, 6) is -0.144. The zero-order chi connectivity index (χ0) is 12.8. The maximum Gasteiger partial charge on any atom is 0.387 e. The molecule has 0 spiro atoms. The van der Waals surface area contributed by atoms with E-state index in [4.69, 9.17) is 0 Å². The van der Waals surface area contributed by atoms with Crippen molar-refractivity contribution >= 4 is 11.6 Å². The number of anilines is 1. The predicted octanol–water partition coefficient (Wildman–Crippen LogP) is 1.83. The Morgan fingerprint density at radius 3 is 2.35 bits per heavy atom. The van der Waals surface area contributed by atoms with Gasteiger partial charge in [0.1, 0.15) is 5.75 Å². The zero-order valence-electron chi connectivity index (χ0n) is 9.54. The molecule has 0 aromatic heterocycles. The largest absolute Gasteiger partial charge is 0.435 e. The van der Waals surface area contributed by atoms with Gasteiger partial charge in [-0.2, -0.15) is 8.78 Å². The van der Waals surface area contributed by atoms with Gasteiger partial charge in [0, 0.05) is 5.69 Å². The highest BCUT2D eigenvalue weighted by molar-refractivity contribution is 5.94. The number of amides is 1. The van der Waals surface area contributed by atoms with Crippen LogP contribution in [0, 0.1) is 0 Å². The molecule has 1 aromatic carbocycles. The van der Waals surface area contributed by atoms with Gasteiger partial charge in [0.05, 0.1) is 6.04 Å². The van der Waals surface area contributed by atoms with Crippen molar-refractivity contribution < 1.29 is 18.3 Å². The first-order chi connectivity index (χ1) is 8.02. The third-order valence-corrected chi connectivity index (χ3v) is 2.17. The first-order valence-electron chi connectivity index (χ1n) is 5.06. The van der Waals surface area contributed by atoms with Crippen LogP contribution in [0.5, 0.6) is 5.75 Å². The zero-order valence-corrected chi connectivity index (χ0v) is 9.54. The highest BCUT2D eigenvalue weighted by atomic mass is 19.3. The Balaban J connectivity index is 2.59. The smallest absolute Gasteiger partial charge is 0.387 e. The van der Waals surface area contributed by atoms with Gasteiger partial charge in [-0.1, -0.05) is 0 Å². The summed E-state index contributed by atoms with van der Waals surface area (Å²) in [6.45, 7) is -1.14. The molecule has 0 saturated carbocycles. The SMILES string of the molecule is CNC(C)C(=O)Nc1ccc(OC(F)F)cc1. The fourth-order valence-corrected chi connectivity index (χ4v) is 1.10. The van der Waals surface area contributed by atoms with Gasteiger partial charge in [-0.05, 0) is 38.2 Å². The third kappa shape index (κ3) is 4.36. The molecule has 1 aromatic rings. The van der Waals surface area contributed by atoms with Crippen LogP contribution in [0.2, 0.25) is 0 Å². The second-order valence-corrected chi connectivity index (χ2v) is 3.40. The Kier molecular flexibility index (Phi) is 4.84. The lowest BCUT2D eigenvalue weighted by Gasteiger charge is -2.11. The lowest BCUT2D eigenvalue weighted by Crippen LogP contribution is -2.35. The summed E-state index contributed by atoms with van der Waals surface area (Å²) in [5.41, 5.74) is 0.527. The van der Waals surface area contributed by atoms with Crippen molar-refractivity contribution in [3.8, 4) is 5.75 Å². The predicted molar refractivity (Wildman–Crippen MR) is 60.2 cm³/mol. The number of rotatable bonds is 5. The van der Waals surface area contributed by atoms with Crippen LogP contribution < -0.4 is 15.4 Å². The molecular weight excluding hydrogens is 230 g/mol. The van der Waals surface area contributed by atoms with Crippen molar-refractivity contribution in [2.75, 3.05) is 12.4 Å². The molecule has 6 heteroatoms. The molecule has 0 heterocycles. The van der Waals surface area contributed by atoms with Crippen LogP contribution in [0.15, 0.2) is 24.3 Å². The Morgan fingerprint density at radius 1 is 1.29 bits per heavy atom. The Labute approximate surface area is 98.0 Å². The minimum atomic E-state index is -2.85. The lowest BCUT2D eigenvalue weighted by molar-refractivity contribution is -0.117. The number of alkyl halides is 2. The van der Waals surface area contributed by atoms with E-state index in [0.717, 1.165) is 0 Å². The number of halogens is 2. The highest BCUT2D eigenvalue weighted by Crippen LogP contribution is 2.17. The quantitative estimate of drug-likeness (QED) is 0.830. The topological polar surface area (TPSA) is 50.4 Å². The van der Waals surface area contributed by atoms with Crippen LogP contribution in [0.25, 0.3) is 0 Å². The molecule has 17 heavy (non-hydrogen) atoms. The Hall–Kier alpha value is -1.69. The lowest BCUT2D eigenvalue weighted by atomic mass is 10.2. The number of likely N-dealkylation sites (N-methyl/N-ethyl adjacent to an activating group) is 1. The summed E-state index contributed by atoms with van der Waals surface area (Å²) < 4.78 is 27.9. The molecule has 0 bridgehead atoms. The average molecular weight is 244 g/mol. The number of nitrogens with one attached hydrogen (secondary N) is 2. The third-order valence-electron chi connectivity index (χ3n) is 2.17. The van der Waals surface area contributed by atoms with Gasteiger partial charge < -0.3 is 15.4 Å². The summed E-state index contributed by atoms with van der Waals surface area (Å²) >= 11 is 0. The molecule has 2 N–H and O–H groups in total. The molecule has 1 atom stereocenters. The first-order valence-corrected chi connectivity index (χ1v) is 5.06. The van der Waals surface area contributed by atoms with Gasteiger partial charge in [-0.3, -0.25) is 4.79 Å². The number of hydrogen-bond donors (Lipinski definition) is 2. The van der Waals surface area contributed by atoms with Gasteiger partial charge in [0.25, 0.3) is 0 Å². The van der Waals surface area contributed by atoms with E-state index in [-0.39, 0.29) is 17.7 Å². The average Bonchev–Trinajstić information content (AvgIpc) is 2.30. The van der Waals surface area contributed by atoms with E-state index in [1.165, 1.54) is 24.3 Å². The molecule has 1 amide bonds. The summed E-state index contributed by atoms with van der Waals surface area (Å²) in [6.07, 6.45) is 0. The summed E-state index contributed by atoms with van der Waals surface area (Å²) in [7, 11) is 1.67. The van der Waals surface area contributed by atoms with E-state index in [9.17, 15) is 13.6 Å². The molecule has 0 saturated heterocycles. The van der Waals surface area contributed by atoms with Crippen molar-refractivity contribution in [1.29, 1.82) is 0 Å². The van der Waals surface area contributed by atoms with E-state index in [2.05, 4.69) is 15.4 Å². The van der Waals surface area contributed by atoms with Crippen LogP contribution in [0.3, 0.4) is 0 Å². The van der Waals surface area contributed by atoms with Crippen molar-refractivity contribution in [3.05, 3.63) is 24.3 Å². The van der Waals surface area contributed by atoms with Gasteiger partial charge in [-0.15, -0.1) is 0 Å². The number of hydrogen-bond acceptors (Lipinski definition) is 3. The van der Waals surface area contributed by atoms with Crippen molar-refractivity contribution in [1.82, 2.24) is 5.32 Å². The van der Waals surface area contributed by atoms with Crippen LogP contribution in [-0.2, 0) is 4.79 Å². The highest BCUT2D eigenvalue weighted by Gasteiger charge is 2.10. The minimum Gasteiger partial charge on any atom is -0.435 e. The van der Waals surface area contributed by atoms with Gasteiger partial charge >= 0.3 is 6.61 Å². The number of benzene rings is 1. The summed E-state index contributed by atoms with van der Waals surface area (Å²) in [5, 5.41) is 5.42. The van der Waals surface area contributed by atoms with Crippen LogP contribution in [0.4, 0.5) is 14.5 Å². The van der Waals surface area contributed by atoms with Crippen molar-refractivity contribution in [2.24, 2.45) is 0 Å².